The molecule has 0 fully saturated rings. The van der Waals surface area contributed by atoms with E-state index in [-0.39, 0.29) is 4.90 Å². The molecule has 1 heterocycles. The van der Waals surface area contributed by atoms with E-state index in [4.69, 9.17) is 8.92 Å². The van der Waals surface area contributed by atoms with Crippen LogP contribution in [-0.4, -0.2) is 37.9 Å². The Balaban J connectivity index is 1.59. The van der Waals surface area contributed by atoms with Gasteiger partial charge in [-0.2, -0.15) is 8.42 Å². The normalized spacial score (nSPS) is 13.3. The van der Waals surface area contributed by atoms with Crippen molar-refractivity contribution in [3.8, 4) is 16.9 Å². The van der Waals surface area contributed by atoms with Gasteiger partial charge in [0.25, 0.3) is 10.1 Å². The smallest absolute Gasteiger partial charge is 0.297 e. The topological polar surface area (TPSA) is 77.8 Å². The van der Waals surface area contributed by atoms with Crippen LogP contribution in [0.25, 0.3) is 22.0 Å². The Labute approximate surface area is 227 Å². The van der Waals surface area contributed by atoms with Gasteiger partial charge in [-0.1, -0.05) is 66.2 Å². The molecule has 0 spiro atoms. The zero-order valence-corrected chi connectivity index (χ0v) is 22.3. The van der Waals surface area contributed by atoms with Gasteiger partial charge in [-0.05, 0) is 48.9 Å². The quantitative estimate of drug-likeness (QED) is 0.226. The molecule has 1 N–H and O–H groups in total. The molecule has 39 heavy (non-hydrogen) atoms. The summed E-state index contributed by atoms with van der Waals surface area (Å²) in [7, 11) is -2.53. The molecule has 6 nitrogen and oxygen atoms in total. The number of nitrogens with zero attached hydrogens (tertiary/aromatic N) is 1. The first-order chi connectivity index (χ1) is 18.8. The van der Waals surface area contributed by atoms with Crippen LogP contribution in [-0.2, 0) is 14.3 Å². The highest BCUT2D eigenvalue weighted by Crippen LogP contribution is 2.39. The van der Waals surface area contributed by atoms with E-state index in [0.717, 1.165) is 27.6 Å². The second kappa shape index (κ2) is 11.0. The summed E-state index contributed by atoms with van der Waals surface area (Å²) in [6, 6.07) is 26.6. The van der Waals surface area contributed by atoms with Gasteiger partial charge >= 0.3 is 0 Å². The Bertz CT molecular complexity index is 1710. The number of methoxy groups -OCH3 is 1. The molecule has 200 valence electrons. The molecule has 2 unspecified atom stereocenters. The molecule has 0 radical (unpaired) electrons. The number of aryl methyl sites for hydroxylation is 1. The number of hydrogen-bond acceptors (Lipinski definition) is 5. The molecule has 2 atom stereocenters. The molecular weight excluding hydrogens is 517 g/mol. The molecule has 4 aromatic carbocycles. The van der Waals surface area contributed by atoms with E-state index in [2.05, 4.69) is 0 Å². The fourth-order valence-electron chi connectivity index (χ4n) is 4.80. The van der Waals surface area contributed by atoms with E-state index in [1.807, 2.05) is 66.2 Å². The molecular formula is C31H28FNO5S. The van der Waals surface area contributed by atoms with Gasteiger partial charge in [0, 0.05) is 28.2 Å². The van der Waals surface area contributed by atoms with Crippen molar-refractivity contribution in [2.75, 3.05) is 13.7 Å². The van der Waals surface area contributed by atoms with Gasteiger partial charge in [-0.25, -0.2) is 4.39 Å². The second-order valence-electron chi connectivity index (χ2n) is 9.29. The van der Waals surface area contributed by atoms with E-state index in [1.165, 1.54) is 24.3 Å². The van der Waals surface area contributed by atoms with Crippen LogP contribution >= 0.6 is 0 Å². The van der Waals surface area contributed by atoms with Crippen LogP contribution in [0.15, 0.2) is 108 Å². The second-order valence-corrected chi connectivity index (χ2v) is 10.9. The molecule has 1 aromatic heterocycles. The average Bonchev–Trinajstić information content (AvgIpc) is 3.31. The Hall–Kier alpha value is -3.98. The molecule has 5 aromatic rings. The summed E-state index contributed by atoms with van der Waals surface area (Å²) in [5.74, 6) is 0.204. The van der Waals surface area contributed by atoms with Crippen molar-refractivity contribution < 1.29 is 26.8 Å². The summed E-state index contributed by atoms with van der Waals surface area (Å²) in [5.41, 5.74) is 3.84. The Morgan fingerprint density at radius 2 is 1.62 bits per heavy atom. The van der Waals surface area contributed by atoms with Crippen molar-refractivity contribution >= 4 is 21.0 Å². The number of para-hydroxylation sites is 2. The van der Waals surface area contributed by atoms with E-state index < -0.39 is 34.7 Å². The van der Waals surface area contributed by atoms with Crippen molar-refractivity contribution in [1.29, 1.82) is 0 Å². The summed E-state index contributed by atoms with van der Waals surface area (Å²) in [4.78, 5) is -0.00696. The highest BCUT2D eigenvalue weighted by atomic mass is 32.2. The third-order valence-corrected chi connectivity index (χ3v) is 7.99. The lowest BCUT2D eigenvalue weighted by Gasteiger charge is -2.26. The number of aliphatic hydroxyl groups excluding tert-OH is 1. The van der Waals surface area contributed by atoms with Gasteiger partial charge < -0.3 is 14.4 Å². The minimum Gasteiger partial charge on any atom is -0.496 e. The van der Waals surface area contributed by atoms with E-state index in [1.54, 1.807) is 31.4 Å². The molecule has 0 aliphatic heterocycles. The number of hydrogen-bond donors (Lipinski definition) is 1. The lowest BCUT2D eigenvalue weighted by Crippen LogP contribution is -2.30. The molecule has 0 bridgehead atoms. The van der Waals surface area contributed by atoms with Gasteiger partial charge in [0.2, 0.25) is 0 Å². The largest absolute Gasteiger partial charge is 0.496 e. The fourth-order valence-corrected chi connectivity index (χ4v) is 5.72. The molecule has 0 amide bonds. The van der Waals surface area contributed by atoms with Crippen LogP contribution in [0.5, 0.6) is 5.75 Å². The number of halogens is 1. The van der Waals surface area contributed by atoms with Crippen molar-refractivity contribution in [2.24, 2.45) is 0 Å². The average molecular weight is 546 g/mol. The van der Waals surface area contributed by atoms with Gasteiger partial charge in [-0.3, -0.25) is 4.18 Å². The number of ether oxygens (including phenoxy) is 1. The number of aliphatic hydroxyl groups is 1. The van der Waals surface area contributed by atoms with Crippen LogP contribution in [0.3, 0.4) is 0 Å². The van der Waals surface area contributed by atoms with Crippen LogP contribution < -0.4 is 4.74 Å². The molecule has 8 heteroatoms. The van der Waals surface area contributed by atoms with E-state index in [9.17, 15) is 17.9 Å². The number of fused-ring (bicyclic) bond motifs is 1. The van der Waals surface area contributed by atoms with Crippen molar-refractivity contribution in [1.82, 2.24) is 4.57 Å². The summed E-state index contributed by atoms with van der Waals surface area (Å²) in [5, 5.41) is 12.3. The predicted molar refractivity (Wildman–Crippen MR) is 149 cm³/mol. The maximum atomic E-state index is 14.4. The lowest BCUT2D eigenvalue weighted by atomic mass is 10.0. The fraction of sp³-hybridized carbons (Fsp3) is 0.161. The Morgan fingerprint density at radius 3 is 2.36 bits per heavy atom. The van der Waals surface area contributed by atoms with Crippen molar-refractivity contribution in [3.05, 3.63) is 120 Å². The van der Waals surface area contributed by atoms with E-state index in [0.29, 0.717) is 11.3 Å². The summed E-state index contributed by atoms with van der Waals surface area (Å²) < 4.78 is 52.8. The number of aromatic nitrogens is 1. The molecule has 0 saturated heterocycles. The number of rotatable bonds is 9. The summed E-state index contributed by atoms with van der Waals surface area (Å²) in [6.07, 6.45) is 0.531. The number of benzene rings is 4. The first-order valence-corrected chi connectivity index (χ1v) is 13.8. The maximum absolute atomic E-state index is 14.4. The third-order valence-electron chi connectivity index (χ3n) is 6.70. The standard InChI is InChI=1S/C31H28FNO5S/c1-21-14-16-24(17-15-21)39(35,36)38-20-29(34)31(22-8-7-9-23(32)18-22)33-19-27(25-10-3-5-12-28(25)33)26-11-4-6-13-30(26)37-2/h3-19,29,31,34H,20H2,1-2H3. The Morgan fingerprint density at radius 1 is 0.897 bits per heavy atom. The van der Waals surface area contributed by atoms with Gasteiger partial charge in [0.1, 0.15) is 17.7 Å². The van der Waals surface area contributed by atoms with Crippen molar-refractivity contribution in [2.45, 2.75) is 24.0 Å². The summed E-state index contributed by atoms with van der Waals surface area (Å²) >= 11 is 0. The van der Waals surface area contributed by atoms with Crippen LogP contribution in [0.2, 0.25) is 0 Å². The predicted octanol–water partition coefficient (Wildman–Crippen LogP) is 6.12. The molecule has 5 rings (SSSR count). The van der Waals surface area contributed by atoms with Gasteiger partial charge in [0.15, 0.2) is 0 Å². The molecule has 0 saturated carbocycles. The summed E-state index contributed by atoms with van der Waals surface area (Å²) in [6.45, 7) is 1.32. The highest BCUT2D eigenvalue weighted by Gasteiger charge is 2.29. The first-order valence-electron chi connectivity index (χ1n) is 12.4. The minimum absolute atomic E-state index is 0.00696. The minimum atomic E-state index is -4.13. The SMILES string of the molecule is COc1ccccc1-c1cn(C(c2cccc(F)c2)C(O)COS(=O)(=O)c2ccc(C)cc2)c2ccccc12. The Kier molecular flexibility index (Phi) is 7.52. The van der Waals surface area contributed by atoms with Crippen molar-refractivity contribution in [3.63, 3.8) is 0 Å². The molecule has 0 aliphatic carbocycles. The van der Waals surface area contributed by atoms with Crippen LogP contribution in [0, 0.1) is 12.7 Å². The van der Waals surface area contributed by atoms with E-state index >= 15 is 0 Å². The zero-order valence-electron chi connectivity index (χ0n) is 21.5. The monoisotopic (exact) mass is 545 g/mol. The maximum Gasteiger partial charge on any atom is 0.297 e. The van der Waals surface area contributed by atoms with Gasteiger partial charge in [-0.15, -0.1) is 0 Å². The van der Waals surface area contributed by atoms with Crippen LogP contribution in [0.1, 0.15) is 17.2 Å². The zero-order chi connectivity index (χ0) is 27.6. The highest BCUT2D eigenvalue weighted by molar-refractivity contribution is 7.86. The van der Waals surface area contributed by atoms with Crippen LogP contribution in [0.4, 0.5) is 4.39 Å². The molecule has 0 aliphatic rings. The lowest BCUT2D eigenvalue weighted by molar-refractivity contribution is 0.0784. The van der Waals surface area contributed by atoms with Gasteiger partial charge in [0.05, 0.1) is 24.7 Å². The first kappa shape index (κ1) is 26.6. The third kappa shape index (κ3) is 5.45.